The predicted octanol–water partition coefficient (Wildman–Crippen LogP) is 2.96. The number of hydrogen-bond acceptors (Lipinski definition) is 2. The molecule has 1 saturated heterocycles. The van der Waals surface area contributed by atoms with Gasteiger partial charge < -0.3 is 9.64 Å². The minimum Gasteiger partial charge on any atom is -0.497 e. The van der Waals surface area contributed by atoms with Gasteiger partial charge in [-0.25, -0.2) is 0 Å². The van der Waals surface area contributed by atoms with Gasteiger partial charge in [0.1, 0.15) is 5.75 Å². The molecule has 1 amide bonds. The molecule has 1 aromatic carbocycles. The molecule has 3 fully saturated rings. The summed E-state index contributed by atoms with van der Waals surface area (Å²) in [5.41, 5.74) is 0.768. The zero-order valence-corrected chi connectivity index (χ0v) is 11.9. The Balaban J connectivity index is 1.52. The van der Waals surface area contributed by atoms with Crippen molar-refractivity contribution in [2.45, 2.75) is 31.7 Å². The molecule has 0 bridgehead atoms. The van der Waals surface area contributed by atoms with Crippen LogP contribution < -0.4 is 4.74 Å². The van der Waals surface area contributed by atoms with Crippen LogP contribution in [0.25, 0.3) is 0 Å². The third-order valence-electron chi connectivity index (χ3n) is 5.12. The Bertz CT molecular complexity index is 534. The molecule has 106 valence electrons. The Labute approximate surface area is 119 Å². The molecule has 1 aliphatic heterocycles. The lowest BCUT2D eigenvalue weighted by Crippen LogP contribution is -2.60. The number of methoxy groups -OCH3 is 1. The van der Waals surface area contributed by atoms with Crippen molar-refractivity contribution >= 4 is 5.91 Å². The second kappa shape index (κ2) is 4.51. The summed E-state index contributed by atoms with van der Waals surface area (Å²) in [4.78, 5) is 14.8. The number of carbonyl (C=O) groups excluding carboxylic acids is 1. The predicted molar refractivity (Wildman–Crippen MR) is 76.8 cm³/mol. The zero-order valence-electron chi connectivity index (χ0n) is 11.9. The van der Waals surface area contributed by atoms with E-state index in [0.717, 1.165) is 35.6 Å². The van der Waals surface area contributed by atoms with Crippen LogP contribution in [0.15, 0.2) is 24.3 Å². The first-order valence-electron chi connectivity index (χ1n) is 7.73. The van der Waals surface area contributed by atoms with E-state index in [2.05, 4.69) is 4.90 Å². The van der Waals surface area contributed by atoms with Crippen molar-refractivity contribution in [2.75, 3.05) is 13.7 Å². The number of amides is 1. The van der Waals surface area contributed by atoms with E-state index in [1.54, 1.807) is 7.11 Å². The van der Waals surface area contributed by atoms with Gasteiger partial charge in [-0.05, 0) is 55.7 Å². The summed E-state index contributed by atoms with van der Waals surface area (Å²) >= 11 is 0. The summed E-state index contributed by atoms with van der Waals surface area (Å²) in [6.45, 7) is 0.974. The topological polar surface area (TPSA) is 29.5 Å². The van der Waals surface area contributed by atoms with Crippen LogP contribution in [0.5, 0.6) is 5.75 Å². The molecule has 3 nitrogen and oxygen atoms in total. The fourth-order valence-corrected chi connectivity index (χ4v) is 3.68. The molecular formula is C17H21NO2. The summed E-state index contributed by atoms with van der Waals surface area (Å²) in [7, 11) is 1.64. The highest BCUT2D eigenvalue weighted by molar-refractivity contribution is 5.95. The number of ether oxygens (including phenoxy) is 1. The average Bonchev–Trinajstić information content (AvgIpc) is 3.31. The number of carbonyl (C=O) groups is 1. The van der Waals surface area contributed by atoms with E-state index in [1.807, 2.05) is 24.3 Å². The van der Waals surface area contributed by atoms with E-state index in [9.17, 15) is 4.79 Å². The molecule has 2 saturated carbocycles. The fourth-order valence-electron chi connectivity index (χ4n) is 3.68. The normalized spacial score (nSPS) is 28.9. The summed E-state index contributed by atoms with van der Waals surface area (Å²) in [6.07, 6.45) is 5.40. The van der Waals surface area contributed by atoms with Crippen LogP contribution in [0, 0.1) is 17.8 Å². The summed E-state index contributed by atoms with van der Waals surface area (Å²) in [5, 5.41) is 0. The molecule has 0 aromatic heterocycles. The van der Waals surface area contributed by atoms with Gasteiger partial charge in [-0.1, -0.05) is 6.07 Å². The van der Waals surface area contributed by atoms with Crippen molar-refractivity contribution in [3.8, 4) is 5.75 Å². The van der Waals surface area contributed by atoms with Gasteiger partial charge in [-0.2, -0.15) is 0 Å². The molecule has 0 unspecified atom stereocenters. The van der Waals surface area contributed by atoms with E-state index < -0.39 is 0 Å². The lowest BCUT2D eigenvalue weighted by Gasteiger charge is -2.49. The third-order valence-corrected chi connectivity index (χ3v) is 5.12. The van der Waals surface area contributed by atoms with Gasteiger partial charge in [0.2, 0.25) is 0 Å². The number of hydrogen-bond donors (Lipinski definition) is 0. The van der Waals surface area contributed by atoms with Crippen LogP contribution in [0.3, 0.4) is 0 Å². The first-order valence-corrected chi connectivity index (χ1v) is 7.73. The standard InChI is InChI=1S/C17H21NO2/c1-20-14-4-2-3-13(9-14)17(19)18-10-15(11-5-6-11)16(18)12-7-8-12/h2-4,9,11-12,15-16H,5-8,10H2,1H3/t15-,16-/m0/s1. The van der Waals surface area contributed by atoms with Crippen molar-refractivity contribution in [2.24, 2.45) is 17.8 Å². The van der Waals surface area contributed by atoms with Crippen LogP contribution in [0.2, 0.25) is 0 Å². The van der Waals surface area contributed by atoms with E-state index in [1.165, 1.54) is 25.7 Å². The molecule has 20 heavy (non-hydrogen) atoms. The van der Waals surface area contributed by atoms with Crippen molar-refractivity contribution in [1.82, 2.24) is 4.90 Å². The van der Waals surface area contributed by atoms with Gasteiger partial charge in [0.25, 0.3) is 5.91 Å². The number of rotatable bonds is 4. The molecule has 0 spiro atoms. The summed E-state index contributed by atoms with van der Waals surface area (Å²) in [6, 6.07) is 8.08. The Kier molecular flexibility index (Phi) is 2.76. The highest BCUT2D eigenvalue weighted by atomic mass is 16.5. The minimum atomic E-state index is 0.192. The van der Waals surface area contributed by atoms with Crippen molar-refractivity contribution in [1.29, 1.82) is 0 Å². The lowest BCUT2D eigenvalue weighted by molar-refractivity contribution is -0.00201. The molecule has 0 N–H and O–H groups in total. The summed E-state index contributed by atoms with van der Waals surface area (Å²) < 4.78 is 5.22. The Hall–Kier alpha value is -1.51. The molecule has 1 heterocycles. The quantitative estimate of drug-likeness (QED) is 0.842. The largest absolute Gasteiger partial charge is 0.497 e. The third kappa shape index (κ3) is 2.00. The monoisotopic (exact) mass is 271 g/mol. The van der Waals surface area contributed by atoms with Crippen LogP contribution in [-0.4, -0.2) is 30.5 Å². The van der Waals surface area contributed by atoms with E-state index >= 15 is 0 Å². The zero-order chi connectivity index (χ0) is 13.7. The fraction of sp³-hybridized carbons (Fsp3) is 0.588. The van der Waals surface area contributed by atoms with Crippen LogP contribution >= 0.6 is 0 Å². The number of nitrogens with zero attached hydrogens (tertiary/aromatic N) is 1. The van der Waals surface area contributed by atoms with E-state index in [0.29, 0.717) is 6.04 Å². The molecule has 3 heteroatoms. The maximum absolute atomic E-state index is 12.7. The molecule has 2 atom stereocenters. The summed E-state index contributed by atoms with van der Waals surface area (Å²) in [5.74, 6) is 3.44. The number of benzene rings is 1. The lowest BCUT2D eigenvalue weighted by atomic mass is 9.80. The van der Waals surface area contributed by atoms with Gasteiger partial charge in [0.15, 0.2) is 0 Å². The molecule has 0 radical (unpaired) electrons. The molecule has 3 aliphatic rings. The van der Waals surface area contributed by atoms with Gasteiger partial charge in [0.05, 0.1) is 7.11 Å². The first-order chi connectivity index (χ1) is 9.78. The van der Waals surface area contributed by atoms with Gasteiger partial charge in [-0.15, -0.1) is 0 Å². The second-order valence-corrected chi connectivity index (χ2v) is 6.52. The Morgan fingerprint density at radius 3 is 2.60 bits per heavy atom. The van der Waals surface area contributed by atoms with Crippen molar-refractivity contribution in [3.05, 3.63) is 29.8 Å². The van der Waals surface area contributed by atoms with Crippen LogP contribution in [0.4, 0.5) is 0 Å². The average molecular weight is 271 g/mol. The van der Waals surface area contributed by atoms with Crippen molar-refractivity contribution in [3.63, 3.8) is 0 Å². The highest BCUT2D eigenvalue weighted by Gasteiger charge is 2.54. The molecular weight excluding hydrogens is 250 g/mol. The van der Waals surface area contributed by atoms with E-state index in [4.69, 9.17) is 4.74 Å². The SMILES string of the molecule is COc1cccc(C(=O)N2C[C@@H](C3CC3)[C@@H]2C2CC2)c1. The van der Waals surface area contributed by atoms with Crippen molar-refractivity contribution < 1.29 is 9.53 Å². The number of likely N-dealkylation sites (tertiary alicyclic amines) is 1. The van der Waals surface area contributed by atoms with Gasteiger partial charge in [-0.3, -0.25) is 4.79 Å². The highest BCUT2D eigenvalue weighted by Crippen LogP contribution is 2.52. The Morgan fingerprint density at radius 1 is 1.20 bits per heavy atom. The smallest absolute Gasteiger partial charge is 0.254 e. The van der Waals surface area contributed by atoms with Gasteiger partial charge in [0, 0.05) is 24.1 Å². The second-order valence-electron chi connectivity index (χ2n) is 6.52. The van der Waals surface area contributed by atoms with Crippen LogP contribution in [0.1, 0.15) is 36.0 Å². The Morgan fingerprint density at radius 2 is 1.95 bits per heavy atom. The minimum absolute atomic E-state index is 0.192. The molecule has 1 aromatic rings. The van der Waals surface area contributed by atoms with Crippen LogP contribution in [-0.2, 0) is 0 Å². The first kappa shape index (κ1) is 12.2. The van der Waals surface area contributed by atoms with Gasteiger partial charge >= 0.3 is 0 Å². The molecule has 4 rings (SSSR count). The maximum atomic E-state index is 12.7. The molecule has 2 aliphatic carbocycles. The van der Waals surface area contributed by atoms with E-state index in [-0.39, 0.29) is 5.91 Å². The maximum Gasteiger partial charge on any atom is 0.254 e.